The Hall–Kier alpha value is -3.41. The van der Waals surface area contributed by atoms with Crippen LogP contribution in [0.15, 0.2) is 47.4 Å². The fraction of sp³-hybridized carbons (Fsp3) is 0.520. The summed E-state index contributed by atoms with van der Waals surface area (Å²) in [5.74, 6) is -2.26. The molecule has 11 nitrogen and oxygen atoms in total. The molecule has 200 valence electrons. The second kappa shape index (κ2) is 10.9. The van der Waals surface area contributed by atoms with Crippen LogP contribution in [0.1, 0.15) is 51.4 Å². The van der Waals surface area contributed by atoms with E-state index in [0.29, 0.717) is 38.6 Å². The number of carbonyl (C=O) groups excluding carboxylic acids is 4. The number of allylic oxidation sites excluding steroid dienone is 1. The van der Waals surface area contributed by atoms with E-state index in [4.69, 9.17) is 10.5 Å². The van der Waals surface area contributed by atoms with Crippen molar-refractivity contribution in [2.24, 2.45) is 11.7 Å². The molecule has 1 saturated heterocycles. The summed E-state index contributed by atoms with van der Waals surface area (Å²) in [6.45, 7) is 0.292. The molecule has 1 aromatic carbocycles. The number of ether oxygens (including phenoxy) is 1. The second-order valence-electron chi connectivity index (χ2n) is 9.70. The van der Waals surface area contributed by atoms with E-state index in [1.165, 1.54) is 17.0 Å². The van der Waals surface area contributed by atoms with Gasteiger partial charge in [-0.2, -0.15) is 0 Å². The lowest BCUT2D eigenvalue weighted by Gasteiger charge is -2.29. The molecular formula is C25H32N4O7S. The highest BCUT2D eigenvalue weighted by Crippen LogP contribution is 2.45. The summed E-state index contributed by atoms with van der Waals surface area (Å²) in [5, 5.41) is 2.77. The molecular weight excluding hydrogens is 500 g/mol. The summed E-state index contributed by atoms with van der Waals surface area (Å²) in [4.78, 5) is 52.7. The normalized spacial score (nSPS) is 29.5. The summed E-state index contributed by atoms with van der Waals surface area (Å²) in [6, 6.07) is 6.63. The lowest BCUT2D eigenvalue weighted by atomic mass is 10.1. The van der Waals surface area contributed by atoms with Crippen LogP contribution in [0.2, 0.25) is 0 Å². The predicted molar refractivity (Wildman–Crippen MR) is 132 cm³/mol. The van der Waals surface area contributed by atoms with Gasteiger partial charge in [-0.1, -0.05) is 36.8 Å². The number of benzene rings is 1. The Labute approximate surface area is 215 Å². The van der Waals surface area contributed by atoms with Crippen molar-refractivity contribution in [1.29, 1.82) is 0 Å². The second-order valence-corrected chi connectivity index (χ2v) is 11.4. The van der Waals surface area contributed by atoms with Gasteiger partial charge < -0.3 is 20.7 Å². The molecule has 37 heavy (non-hydrogen) atoms. The van der Waals surface area contributed by atoms with Gasteiger partial charge in [-0.05, 0) is 57.1 Å². The largest absolute Gasteiger partial charge is 0.436 e. The van der Waals surface area contributed by atoms with Gasteiger partial charge in [-0.3, -0.25) is 14.4 Å². The van der Waals surface area contributed by atoms with E-state index in [9.17, 15) is 27.6 Å². The molecule has 4 atom stereocenters. The van der Waals surface area contributed by atoms with Gasteiger partial charge in [-0.15, -0.1) is 0 Å². The maximum atomic E-state index is 13.4. The van der Waals surface area contributed by atoms with Crippen LogP contribution < -0.4 is 15.8 Å². The molecule has 4 N–H and O–H groups in total. The van der Waals surface area contributed by atoms with Gasteiger partial charge in [0.1, 0.15) is 11.6 Å². The topological polar surface area (TPSA) is 165 Å². The van der Waals surface area contributed by atoms with Gasteiger partial charge in [0.15, 0.2) is 6.10 Å². The Balaban J connectivity index is 1.58. The van der Waals surface area contributed by atoms with Crippen LogP contribution in [0.3, 0.4) is 0 Å². The molecule has 0 aromatic heterocycles. The van der Waals surface area contributed by atoms with Gasteiger partial charge in [0.25, 0.3) is 21.8 Å². The van der Waals surface area contributed by atoms with Crippen LogP contribution in [0.5, 0.6) is 0 Å². The van der Waals surface area contributed by atoms with Crippen molar-refractivity contribution in [3.63, 3.8) is 0 Å². The fourth-order valence-corrected chi connectivity index (χ4v) is 6.11. The maximum Gasteiger partial charge on any atom is 0.405 e. The Morgan fingerprint density at radius 2 is 1.84 bits per heavy atom. The zero-order valence-electron chi connectivity index (χ0n) is 20.4. The molecule has 0 spiro atoms. The molecule has 12 heteroatoms. The quantitative estimate of drug-likeness (QED) is 0.492. The summed E-state index contributed by atoms with van der Waals surface area (Å²) >= 11 is 0. The molecule has 1 aromatic rings. The van der Waals surface area contributed by atoms with Crippen LogP contribution in [0.25, 0.3) is 0 Å². The lowest BCUT2D eigenvalue weighted by molar-refractivity contribution is -0.146. The first kappa shape index (κ1) is 26.6. The number of hydrogen-bond donors (Lipinski definition) is 3. The number of nitrogens with zero attached hydrogens (tertiary/aromatic N) is 1. The highest BCUT2D eigenvalue weighted by atomic mass is 32.2. The van der Waals surface area contributed by atoms with Crippen molar-refractivity contribution in [3.8, 4) is 0 Å². The standard InChI is InChI=1S/C25H32N4O7S/c26-24(33)36-20-14-8-3-1-2-5-10-17-16-25(17,27-21(30)19-13-9-15-29(19)22(20)31)23(32)28-37(34,35)18-11-6-4-7-12-18/h4-7,10-12,17,19-20H,1-3,8-9,13-16H2,(H2,26,33)(H,27,30)(H,28,32)/b10-5+. The van der Waals surface area contributed by atoms with E-state index in [1.54, 1.807) is 18.2 Å². The predicted octanol–water partition coefficient (Wildman–Crippen LogP) is 1.34. The first-order chi connectivity index (χ1) is 17.6. The van der Waals surface area contributed by atoms with E-state index in [1.807, 2.05) is 12.2 Å². The average Bonchev–Trinajstić information content (AvgIpc) is 3.32. The zero-order chi connectivity index (χ0) is 26.6. The van der Waals surface area contributed by atoms with Crippen LogP contribution in [0, 0.1) is 5.92 Å². The number of amides is 4. The molecule has 4 rings (SSSR count). The zero-order valence-corrected chi connectivity index (χ0v) is 21.2. The smallest absolute Gasteiger partial charge is 0.405 e. The summed E-state index contributed by atoms with van der Waals surface area (Å²) in [6.07, 6.45) is 5.98. The van der Waals surface area contributed by atoms with Crippen molar-refractivity contribution < 1.29 is 32.3 Å². The fourth-order valence-electron chi connectivity index (χ4n) is 5.05. The third-order valence-electron chi connectivity index (χ3n) is 7.12. The number of fused-ring (bicyclic) bond motifs is 2. The highest BCUT2D eigenvalue weighted by molar-refractivity contribution is 7.90. The van der Waals surface area contributed by atoms with Gasteiger partial charge in [-0.25, -0.2) is 17.9 Å². The Morgan fingerprint density at radius 3 is 2.57 bits per heavy atom. The van der Waals surface area contributed by atoms with Crippen molar-refractivity contribution >= 4 is 33.8 Å². The van der Waals surface area contributed by atoms with Crippen molar-refractivity contribution in [3.05, 3.63) is 42.5 Å². The van der Waals surface area contributed by atoms with E-state index < -0.39 is 51.5 Å². The molecule has 2 fully saturated rings. The Bertz CT molecular complexity index is 1190. The maximum absolute atomic E-state index is 13.4. The monoisotopic (exact) mass is 532 g/mol. The number of rotatable bonds is 4. The van der Waals surface area contributed by atoms with Gasteiger partial charge in [0.2, 0.25) is 5.91 Å². The molecule has 1 aliphatic carbocycles. The molecule has 3 aliphatic rings. The van der Waals surface area contributed by atoms with Gasteiger partial charge >= 0.3 is 6.09 Å². The highest BCUT2D eigenvalue weighted by Gasteiger charge is 2.61. The van der Waals surface area contributed by atoms with Crippen LogP contribution >= 0.6 is 0 Å². The number of carbonyl (C=O) groups is 4. The van der Waals surface area contributed by atoms with Crippen molar-refractivity contribution in [2.45, 2.75) is 73.9 Å². The number of primary amides is 1. The first-order valence-electron chi connectivity index (χ1n) is 12.5. The van der Waals surface area contributed by atoms with E-state index >= 15 is 0 Å². The third kappa shape index (κ3) is 5.95. The lowest BCUT2D eigenvalue weighted by Crippen LogP contribution is -2.57. The van der Waals surface area contributed by atoms with E-state index in [0.717, 1.165) is 12.8 Å². The van der Waals surface area contributed by atoms with E-state index in [2.05, 4.69) is 10.0 Å². The minimum absolute atomic E-state index is 0.0657. The molecule has 4 unspecified atom stereocenters. The molecule has 0 bridgehead atoms. The van der Waals surface area contributed by atoms with Crippen molar-refractivity contribution in [1.82, 2.24) is 14.9 Å². The Kier molecular flexibility index (Phi) is 7.86. The van der Waals surface area contributed by atoms with Crippen molar-refractivity contribution in [2.75, 3.05) is 6.54 Å². The Morgan fingerprint density at radius 1 is 1.08 bits per heavy atom. The molecule has 4 amide bonds. The number of hydrogen-bond acceptors (Lipinski definition) is 7. The molecule has 2 heterocycles. The third-order valence-corrected chi connectivity index (χ3v) is 8.47. The van der Waals surface area contributed by atoms with Gasteiger partial charge in [0.05, 0.1) is 4.90 Å². The SMILES string of the molecule is NC(=O)OC1CCCCC/C=C/C2CC2(C(=O)NS(=O)(=O)c2ccccc2)NC(=O)C2CCCN2C1=O. The first-order valence-corrected chi connectivity index (χ1v) is 14.0. The van der Waals surface area contributed by atoms with Crippen LogP contribution in [0.4, 0.5) is 4.79 Å². The summed E-state index contributed by atoms with van der Waals surface area (Å²) < 4.78 is 32.8. The average molecular weight is 533 g/mol. The molecule has 2 aliphatic heterocycles. The number of sulfonamides is 1. The molecule has 0 radical (unpaired) electrons. The van der Waals surface area contributed by atoms with Crippen LogP contribution in [-0.2, 0) is 29.1 Å². The summed E-state index contributed by atoms with van der Waals surface area (Å²) in [7, 11) is -4.15. The van der Waals surface area contributed by atoms with E-state index in [-0.39, 0.29) is 17.2 Å². The molecule has 1 saturated carbocycles. The minimum atomic E-state index is -4.15. The number of nitrogens with two attached hydrogens (primary N) is 1. The minimum Gasteiger partial charge on any atom is -0.436 e. The van der Waals surface area contributed by atoms with Gasteiger partial charge in [0, 0.05) is 12.5 Å². The summed E-state index contributed by atoms with van der Waals surface area (Å²) in [5.41, 5.74) is 3.74. The van der Waals surface area contributed by atoms with Crippen LogP contribution in [-0.4, -0.2) is 61.4 Å². The number of nitrogens with one attached hydrogen (secondary N) is 2.